The predicted octanol–water partition coefficient (Wildman–Crippen LogP) is 2.03. The second-order valence-corrected chi connectivity index (χ2v) is 7.67. The molecule has 2 aromatic heterocycles. The van der Waals surface area contributed by atoms with Gasteiger partial charge in [0, 0.05) is 12.2 Å². The number of hydrogen-bond donors (Lipinski definition) is 1. The first-order valence-electron chi connectivity index (χ1n) is 8.06. The molecule has 26 heavy (non-hydrogen) atoms. The number of imidazole rings is 1. The van der Waals surface area contributed by atoms with Crippen molar-refractivity contribution in [1.82, 2.24) is 24.3 Å². The van der Waals surface area contributed by atoms with Crippen molar-refractivity contribution < 1.29 is 17.7 Å². The summed E-state index contributed by atoms with van der Waals surface area (Å²) in [7, 11) is -4.32. The molecule has 0 spiro atoms. The normalized spacial score (nSPS) is 13.8. The standard InChI is InChI=1S/C16H17N5O4S/c1-10(2)21-16(17-9-18-21)13-8-20-5-6-25-14-4-3-11(26(22,23)24)7-12(14)15(20)19-13/h3-4,7-10H,5-6H2,1-2H3,(H,22,23,24). The van der Waals surface area contributed by atoms with Crippen LogP contribution < -0.4 is 4.74 Å². The van der Waals surface area contributed by atoms with E-state index in [2.05, 4.69) is 15.1 Å². The van der Waals surface area contributed by atoms with Gasteiger partial charge in [-0.25, -0.2) is 14.6 Å². The average molecular weight is 375 g/mol. The Morgan fingerprint density at radius 1 is 1.27 bits per heavy atom. The van der Waals surface area contributed by atoms with E-state index in [1.807, 2.05) is 24.6 Å². The van der Waals surface area contributed by atoms with E-state index in [-0.39, 0.29) is 10.9 Å². The maximum atomic E-state index is 11.5. The predicted molar refractivity (Wildman–Crippen MR) is 92.4 cm³/mol. The maximum Gasteiger partial charge on any atom is 0.294 e. The van der Waals surface area contributed by atoms with E-state index in [0.29, 0.717) is 41.8 Å². The molecule has 0 saturated heterocycles. The molecule has 1 aliphatic rings. The fourth-order valence-electron chi connectivity index (χ4n) is 2.94. The van der Waals surface area contributed by atoms with Gasteiger partial charge in [-0.3, -0.25) is 4.55 Å². The van der Waals surface area contributed by atoms with E-state index >= 15 is 0 Å². The monoisotopic (exact) mass is 375 g/mol. The Kier molecular flexibility index (Phi) is 3.81. The highest BCUT2D eigenvalue weighted by Gasteiger charge is 2.23. The summed E-state index contributed by atoms with van der Waals surface area (Å²) in [5.74, 6) is 1.70. The molecule has 1 aromatic carbocycles. The van der Waals surface area contributed by atoms with Gasteiger partial charge in [0.2, 0.25) is 0 Å². The molecular weight excluding hydrogens is 358 g/mol. The van der Waals surface area contributed by atoms with Crippen LogP contribution in [0.1, 0.15) is 19.9 Å². The molecule has 136 valence electrons. The van der Waals surface area contributed by atoms with Gasteiger partial charge in [-0.2, -0.15) is 13.5 Å². The zero-order valence-electron chi connectivity index (χ0n) is 14.2. The van der Waals surface area contributed by atoms with E-state index in [4.69, 9.17) is 4.74 Å². The SMILES string of the molecule is CC(C)n1ncnc1-c1cn2c(n1)-c1cc(S(=O)(=O)O)ccc1OCC2. The van der Waals surface area contributed by atoms with Crippen LogP contribution in [0.5, 0.6) is 5.75 Å². The number of ether oxygens (including phenoxy) is 1. The van der Waals surface area contributed by atoms with Gasteiger partial charge in [0.05, 0.1) is 17.0 Å². The van der Waals surface area contributed by atoms with Gasteiger partial charge in [0.15, 0.2) is 5.82 Å². The van der Waals surface area contributed by atoms with Crippen LogP contribution in [-0.2, 0) is 16.7 Å². The summed E-state index contributed by atoms with van der Waals surface area (Å²) in [5, 5.41) is 4.23. The van der Waals surface area contributed by atoms with Gasteiger partial charge >= 0.3 is 0 Å². The molecule has 0 saturated carbocycles. The van der Waals surface area contributed by atoms with Crippen molar-refractivity contribution in [3.8, 4) is 28.7 Å². The largest absolute Gasteiger partial charge is 0.491 e. The van der Waals surface area contributed by atoms with Crippen LogP contribution in [0, 0.1) is 0 Å². The minimum Gasteiger partial charge on any atom is -0.491 e. The van der Waals surface area contributed by atoms with E-state index in [0.717, 1.165) is 0 Å². The topological polar surface area (TPSA) is 112 Å². The molecule has 0 amide bonds. The molecule has 1 N–H and O–H groups in total. The van der Waals surface area contributed by atoms with Crippen molar-refractivity contribution in [3.05, 3.63) is 30.7 Å². The molecule has 0 radical (unpaired) electrons. The Morgan fingerprint density at radius 2 is 2.08 bits per heavy atom. The zero-order chi connectivity index (χ0) is 18.5. The first-order chi connectivity index (χ1) is 12.3. The van der Waals surface area contributed by atoms with Crippen molar-refractivity contribution in [1.29, 1.82) is 0 Å². The van der Waals surface area contributed by atoms with Gasteiger partial charge in [0.1, 0.15) is 30.2 Å². The summed E-state index contributed by atoms with van der Waals surface area (Å²) in [6, 6.07) is 4.32. The highest BCUT2D eigenvalue weighted by molar-refractivity contribution is 7.85. The third kappa shape index (κ3) is 2.76. The lowest BCUT2D eigenvalue weighted by Gasteiger charge is -2.08. The van der Waals surface area contributed by atoms with E-state index in [1.165, 1.54) is 24.5 Å². The molecule has 3 heterocycles. The molecule has 1 aliphatic heterocycles. The van der Waals surface area contributed by atoms with Crippen molar-refractivity contribution in [3.63, 3.8) is 0 Å². The Labute approximate surface area is 150 Å². The van der Waals surface area contributed by atoms with Gasteiger partial charge in [-0.05, 0) is 32.0 Å². The van der Waals surface area contributed by atoms with Gasteiger partial charge in [-0.15, -0.1) is 0 Å². The molecule has 0 aliphatic carbocycles. The van der Waals surface area contributed by atoms with Crippen molar-refractivity contribution in [2.75, 3.05) is 6.61 Å². The number of aromatic nitrogens is 5. The minimum atomic E-state index is -4.32. The highest BCUT2D eigenvalue weighted by Crippen LogP contribution is 2.35. The maximum absolute atomic E-state index is 11.5. The number of hydrogen-bond acceptors (Lipinski definition) is 6. The molecule has 9 nitrogen and oxygen atoms in total. The Bertz CT molecular complexity index is 1080. The van der Waals surface area contributed by atoms with Crippen LogP contribution in [0.25, 0.3) is 22.9 Å². The van der Waals surface area contributed by atoms with Crippen molar-refractivity contribution >= 4 is 10.1 Å². The Balaban J connectivity index is 1.89. The molecule has 10 heteroatoms. The van der Waals surface area contributed by atoms with E-state index in [9.17, 15) is 13.0 Å². The highest BCUT2D eigenvalue weighted by atomic mass is 32.2. The third-order valence-electron chi connectivity index (χ3n) is 4.15. The average Bonchev–Trinajstić information content (AvgIpc) is 3.18. The minimum absolute atomic E-state index is 0.121. The first-order valence-corrected chi connectivity index (χ1v) is 9.50. The van der Waals surface area contributed by atoms with E-state index < -0.39 is 10.1 Å². The molecule has 4 rings (SSSR count). The molecule has 0 bridgehead atoms. The fraction of sp³-hybridized carbons (Fsp3) is 0.312. The van der Waals surface area contributed by atoms with Crippen LogP contribution >= 0.6 is 0 Å². The number of rotatable bonds is 3. The molecule has 0 fully saturated rings. The van der Waals surface area contributed by atoms with Gasteiger partial charge in [-0.1, -0.05) is 0 Å². The third-order valence-corrected chi connectivity index (χ3v) is 5.00. The van der Waals surface area contributed by atoms with Crippen LogP contribution in [0.4, 0.5) is 0 Å². The molecule has 0 unspecified atom stereocenters. The second kappa shape index (κ2) is 5.92. The first kappa shape index (κ1) is 16.7. The zero-order valence-corrected chi connectivity index (χ0v) is 15.0. The van der Waals surface area contributed by atoms with Gasteiger partial charge < -0.3 is 9.30 Å². The summed E-state index contributed by atoms with van der Waals surface area (Å²) in [6.07, 6.45) is 3.32. The van der Waals surface area contributed by atoms with Crippen molar-refractivity contribution in [2.45, 2.75) is 31.3 Å². The number of nitrogens with zero attached hydrogens (tertiary/aromatic N) is 5. The van der Waals surface area contributed by atoms with Crippen LogP contribution in [0.15, 0.2) is 35.6 Å². The van der Waals surface area contributed by atoms with Crippen molar-refractivity contribution in [2.24, 2.45) is 0 Å². The van der Waals surface area contributed by atoms with Crippen LogP contribution in [0.3, 0.4) is 0 Å². The summed E-state index contributed by atoms with van der Waals surface area (Å²) in [5.41, 5.74) is 1.13. The lowest BCUT2D eigenvalue weighted by molar-refractivity contribution is 0.306. The second-order valence-electron chi connectivity index (χ2n) is 6.25. The Morgan fingerprint density at radius 3 is 2.81 bits per heavy atom. The smallest absolute Gasteiger partial charge is 0.294 e. The fourth-order valence-corrected chi connectivity index (χ4v) is 3.45. The quantitative estimate of drug-likeness (QED) is 0.697. The summed E-state index contributed by atoms with van der Waals surface area (Å²) < 4.78 is 41.7. The molecular formula is C16H17N5O4S. The Hall–Kier alpha value is -2.72. The van der Waals surface area contributed by atoms with Crippen LogP contribution in [-0.4, -0.2) is 43.9 Å². The lowest BCUT2D eigenvalue weighted by Crippen LogP contribution is -2.06. The van der Waals surface area contributed by atoms with Gasteiger partial charge in [0.25, 0.3) is 10.1 Å². The van der Waals surface area contributed by atoms with E-state index in [1.54, 1.807) is 4.68 Å². The summed E-state index contributed by atoms with van der Waals surface area (Å²) in [6.45, 7) is 4.97. The summed E-state index contributed by atoms with van der Waals surface area (Å²) in [4.78, 5) is 8.73. The summed E-state index contributed by atoms with van der Waals surface area (Å²) >= 11 is 0. The number of benzene rings is 1. The lowest BCUT2D eigenvalue weighted by atomic mass is 10.2. The van der Waals surface area contributed by atoms with Crippen LogP contribution in [0.2, 0.25) is 0 Å². The number of fused-ring (bicyclic) bond motifs is 3. The molecule has 3 aromatic rings. The molecule has 0 atom stereocenters.